The SMILES string of the molecule is C.CN(C)C(=N)N=C(N)N.Nc1nc2ncc(CNc3ccc(C(=O)NC(CCC(=O)[O-])C(=O)O)cc3)nc2c(=O)[nH]1.[H+]. The largest absolute Gasteiger partial charge is 1.00 e. The number of anilines is 2. The van der Waals surface area contributed by atoms with Gasteiger partial charge in [-0.2, -0.15) is 9.98 Å². The van der Waals surface area contributed by atoms with E-state index in [-0.39, 0.29) is 56.4 Å². The highest BCUT2D eigenvalue weighted by Gasteiger charge is 2.20. The molecule has 1 amide bonds. The number of aliphatic carboxylic acids is 2. The number of carboxylic acid groups (broad SMARTS) is 2. The van der Waals surface area contributed by atoms with Gasteiger partial charge in [0.2, 0.25) is 11.9 Å². The normalized spacial score (nSPS) is 10.6. The van der Waals surface area contributed by atoms with Crippen LogP contribution >= 0.6 is 0 Å². The molecule has 42 heavy (non-hydrogen) atoms. The molecule has 1 unspecified atom stereocenters. The number of carbonyl (C=O) groups is 3. The van der Waals surface area contributed by atoms with Crippen molar-refractivity contribution in [1.29, 1.82) is 5.41 Å². The third kappa shape index (κ3) is 10.8. The zero-order chi connectivity index (χ0) is 30.7. The summed E-state index contributed by atoms with van der Waals surface area (Å²) in [5.74, 6) is -3.49. The van der Waals surface area contributed by atoms with Crippen LogP contribution in [-0.2, 0) is 16.1 Å². The molecule has 0 radical (unpaired) electrons. The number of hydrogen-bond donors (Lipinski definition) is 8. The Kier molecular flexibility index (Phi) is 12.8. The Morgan fingerprint density at radius 3 is 2.38 bits per heavy atom. The Bertz CT molecular complexity index is 1510. The summed E-state index contributed by atoms with van der Waals surface area (Å²) in [5.41, 5.74) is 16.4. The molecule has 0 saturated carbocycles. The molecule has 0 aliphatic carbocycles. The summed E-state index contributed by atoms with van der Waals surface area (Å²) in [6.07, 6.45) is 0.662. The van der Waals surface area contributed by atoms with Crippen molar-refractivity contribution in [2.75, 3.05) is 25.1 Å². The Labute approximate surface area is 241 Å². The molecular formula is C24H34N12O6. The third-order valence-electron chi connectivity index (χ3n) is 5.01. The summed E-state index contributed by atoms with van der Waals surface area (Å²) in [4.78, 5) is 65.3. The van der Waals surface area contributed by atoms with E-state index < -0.39 is 35.9 Å². The van der Waals surface area contributed by atoms with Gasteiger partial charge in [0, 0.05) is 31.3 Å². The lowest BCUT2D eigenvalue weighted by Crippen LogP contribution is -2.41. The van der Waals surface area contributed by atoms with Crippen LogP contribution in [0.4, 0.5) is 11.6 Å². The van der Waals surface area contributed by atoms with E-state index in [1.54, 1.807) is 26.2 Å². The second kappa shape index (κ2) is 15.7. The maximum atomic E-state index is 12.3. The Balaban J connectivity index is 0.00000140. The Morgan fingerprint density at radius 2 is 1.86 bits per heavy atom. The van der Waals surface area contributed by atoms with Gasteiger partial charge in [-0.3, -0.25) is 20.0 Å². The highest BCUT2D eigenvalue weighted by molar-refractivity contribution is 5.97. The number of carbonyl (C=O) groups excluding carboxylic acids is 2. The zero-order valence-electron chi connectivity index (χ0n) is 23.0. The van der Waals surface area contributed by atoms with Crippen LogP contribution < -0.4 is 38.5 Å². The number of aromatic amines is 1. The average Bonchev–Trinajstić information content (AvgIpc) is 2.89. The van der Waals surface area contributed by atoms with E-state index in [2.05, 4.69) is 35.6 Å². The quantitative estimate of drug-likeness (QED) is 0.101. The maximum Gasteiger partial charge on any atom is 1.00 e. The smallest absolute Gasteiger partial charge is 0.550 e. The number of aromatic nitrogens is 4. The highest BCUT2D eigenvalue weighted by atomic mass is 16.4. The number of hydrogen-bond acceptors (Lipinski definition) is 11. The Hall–Kier alpha value is -5.81. The lowest BCUT2D eigenvalue weighted by Gasteiger charge is -2.15. The van der Waals surface area contributed by atoms with Gasteiger partial charge >= 0.3 is 7.40 Å². The molecule has 226 valence electrons. The predicted molar refractivity (Wildman–Crippen MR) is 154 cm³/mol. The molecule has 0 saturated heterocycles. The van der Waals surface area contributed by atoms with Crippen molar-refractivity contribution in [2.24, 2.45) is 16.5 Å². The minimum atomic E-state index is -1.40. The monoisotopic (exact) mass is 586 g/mol. The summed E-state index contributed by atoms with van der Waals surface area (Å²) in [6.45, 7) is 0.225. The molecule has 2 heterocycles. The average molecular weight is 587 g/mol. The summed E-state index contributed by atoms with van der Waals surface area (Å²) in [7, 11) is 3.38. The first-order valence-corrected chi connectivity index (χ1v) is 11.7. The van der Waals surface area contributed by atoms with Gasteiger partial charge in [-0.15, -0.1) is 0 Å². The number of benzene rings is 1. The fraction of sp³-hybridized carbons (Fsp3) is 0.292. The van der Waals surface area contributed by atoms with E-state index in [1.165, 1.54) is 23.2 Å². The van der Waals surface area contributed by atoms with E-state index in [0.717, 1.165) is 0 Å². The van der Waals surface area contributed by atoms with Gasteiger partial charge in [0.25, 0.3) is 11.5 Å². The van der Waals surface area contributed by atoms with Gasteiger partial charge < -0.3 is 47.7 Å². The molecule has 18 nitrogen and oxygen atoms in total. The zero-order valence-corrected chi connectivity index (χ0v) is 22.0. The summed E-state index contributed by atoms with van der Waals surface area (Å²) in [6, 6.07) is 4.78. The minimum Gasteiger partial charge on any atom is -0.550 e. The number of fused-ring (bicyclic) bond motifs is 1. The molecule has 0 bridgehead atoms. The number of nitrogen functional groups attached to an aromatic ring is 1. The van der Waals surface area contributed by atoms with Gasteiger partial charge in [0.05, 0.1) is 18.4 Å². The van der Waals surface area contributed by atoms with E-state index in [0.29, 0.717) is 11.4 Å². The first-order chi connectivity index (χ1) is 19.3. The van der Waals surface area contributed by atoms with Crippen molar-refractivity contribution >= 4 is 52.6 Å². The topological polar surface area (TPSA) is 308 Å². The molecule has 11 N–H and O–H groups in total. The number of guanidine groups is 2. The molecule has 3 rings (SSSR count). The summed E-state index contributed by atoms with van der Waals surface area (Å²) >= 11 is 0. The van der Waals surface area contributed by atoms with Gasteiger partial charge in [0.15, 0.2) is 17.1 Å². The second-order valence-electron chi connectivity index (χ2n) is 8.45. The summed E-state index contributed by atoms with van der Waals surface area (Å²) < 4.78 is 0. The number of carboxylic acids is 2. The van der Waals surface area contributed by atoms with Crippen LogP contribution in [0, 0.1) is 5.41 Å². The van der Waals surface area contributed by atoms with Crippen LogP contribution in [0.15, 0.2) is 40.2 Å². The predicted octanol–water partition coefficient (Wildman–Crippen LogP) is -1.87. The van der Waals surface area contributed by atoms with Crippen LogP contribution in [-0.4, -0.2) is 79.8 Å². The first kappa shape index (κ1) is 34.2. The molecule has 0 aliphatic heterocycles. The lowest BCUT2D eigenvalue weighted by atomic mass is 10.1. The number of nitrogens with zero attached hydrogens (tertiary/aromatic N) is 5. The molecule has 18 heteroatoms. The molecule has 0 fully saturated rings. The number of H-pyrrole nitrogens is 1. The van der Waals surface area contributed by atoms with Crippen molar-refractivity contribution in [3.05, 3.63) is 52.1 Å². The Morgan fingerprint density at radius 1 is 1.21 bits per heavy atom. The fourth-order valence-corrected chi connectivity index (χ4v) is 2.97. The number of nitrogens with two attached hydrogens (primary N) is 3. The minimum absolute atomic E-state index is 0. The van der Waals surface area contributed by atoms with E-state index in [1.807, 2.05) is 0 Å². The lowest BCUT2D eigenvalue weighted by molar-refractivity contribution is -0.305. The second-order valence-corrected chi connectivity index (χ2v) is 8.45. The van der Waals surface area contributed by atoms with E-state index in [9.17, 15) is 24.3 Å². The maximum absolute atomic E-state index is 12.3. The number of amides is 1. The molecule has 2 aromatic heterocycles. The van der Waals surface area contributed by atoms with Gasteiger partial charge in [-0.25, -0.2) is 14.8 Å². The van der Waals surface area contributed by atoms with E-state index in [4.69, 9.17) is 27.7 Å². The molecule has 1 atom stereocenters. The van der Waals surface area contributed by atoms with E-state index >= 15 is 0 Å². The molecule has 0 spiro atoms. The van der Waals surface area contributed by atoms with Crippen LogP contribution in [0.1, 0.15) is 37.7 Å². The highest BCUT2D eigenvalue weighted by Crippen LogP contribution is 2.12. The number of rotatable bonds is 9. The van der Waals surface area contributed by atoms with Crippen molar-refractivity contribution in [1.82, 2.24) is 30.2 Å². The van der Waals surface area contributed by atoms with Crippen molar-refractivity contribution in [3.63, 3.8) is 0 Å². The van der Waals surface area contributed by atoms with Crippen LogP contribution in [0.3, 0.4) is 0 Å². The molecule has 1 aromatic carbocycles. The van der Waals surface area contributed by atoms with Gasteiger partial charge in [-0.05, 0) is 37.1 Å². The third-order valence-corrected chi connectivity index (χ3v) is 5.01. The van der Waals surface area contributed by atoms with Crippen molar-refractivity contribution in [3.8, 4) is 0 Å². The van der Waals surface area contributed by atoms with Gasteiger partial charge in [0.1, 0.15) is 6.04 Å². The molecule has 0 aliphatic rings. The van der Waals surface area contributed by atoms with Crippen LogP contribution in [0.5, 0.6) is 0 Å². The summed E-state index contributed by atoms with van der Waals surface area (Å²) in [5, 5.41) is 32.0. The van der Waals surface area contributed by atoms with Crippen LogP contribution in [0.25, 0.3) is 11.2 Å². The number of nitrogens with one attached hydrogen (secondary N) is 4. The van der Waals surface area contributed by atoms with Crippen molar-refractivity contribution in [2.45, 2.75) is 32.9 Å². The first-order valence-electron chi connectivity index (χ1n) is 11.7. The van der Waals surface area contributed by atoms with Gasteiger partial charge in [-0.1, -0.05) is 7.43 Å². The molecular weight excluding hydrogens is 552 g/mol. The number of aliphatic imine (C=N–C) groups is 1. The standard InChI is InChI=1S/C19H19N7O6.C4H11N5.CH4/c20-19-25-15-14(17(30)26-19)23-11(8-22-15)7-21-10-3-1-9(2-4-10)16(29)24-12(18(31)32)5-6-13(27)28;1-9(2)4(7)8-3(5)6;/h1-4,8,12,21H,5-7H2,(H,24,29)(H,27,28)(H,31,32)(H3,20,22,25,26,30);1-2H3,(H5,5,6,7,8);1H4. The van der Waals surface area contributed by atoms with Crippen molar-refractivity contribution < 1.29 is 26.0 Å². The fourth-order valence-electron chi connectivity index (χ4n) is 2.97. The molecule has 3 aromatic rings. The van der Waals surface area contributed by atoms with Crippen LogP contribution in [0.2, 0.25) is 0 Å².